The van der Waals surface area contributed by atoms with E-state index in [2.05, 4.69) is 63.1 Å². The van der Waals surface area contributed by atoms with Crippen molar-refractivity contribution in [2.45, 2.75) is 128 Å². The Kier molecular flexibility index (Phi) is 22.6. The molecule has 0 N–H and O–H groups in total. The molecule has 0 heterocycles. The highest BCUT2D eigenvalue weighted by Gasteiger charge is 2.26. The van der Waals surface area contributed by atoms with Gasteiger partial charge in [-0.3, -0.25) is 0 Å². The summed E-state index contributed by atoms with van der Waals surface area (Å²) in [6.45, 7) is 12.5. The van der Waals surface area contributed by atoms with Crippen molar-refractivity contribution in [3.05, 3.63) is 145 Å². The molecule has 10 nitrogen and oxygen atoms in total. The maximum absolute atomic E-state index is 13.2. The van der Waals surface area contributed by atoms with E-state index in [9.17, 15) is 19.2 Å². The smallest absolute Gasteiger partial charge is 0.343 e. The standard InChI is InChI=1S/C62H74O10/c1-5-11-45-13-17-47(18-14-45)43-53(49-23-35-57(36-24-49)71-61(65)51-27-31-55(32-28-51)67-39-9-41-69-59(63)7-3)21-22-54(44-48-19-15-46(12-6-2)16-20-48)50-25-37-58(38-26-50)72-62(66)52-29-33-56(34-30-52)68-40-10-42-70-60(64)8-4/h7-8,23-38,45-48,53-54H,3-6,9-20,39-44H2,1-2H3. The molecule has 0 aliphatic heterocycles. The summed E-state index contributed by atoms with van der Waals surface area (Å²) in [6.07, 6.45) is 20.3. The summed E-state index contributed by atoms with van der Waals surface area (Å²) in [5.74, 6) is 10.8. The molecule has 0 spiro atoms. The third-order valence-corrected chi connectivity index (χ3v) is 14.0. The number of hydrogen-bond donors (Lipinski definition) is 0. The first-order valence-electron chi connectivity index (χ1n) is 26.3. The van der Waals surface area contributed by atoms with Crippen molar-refractivity contribution in [3.8, 4) is 34.8 Å². The van der Waals surface area contributed by atoms with Crippen molar-refractivity contribution in [1.82, 2.24) is 0 Å². The molecule has 0 aromatic heterocycles. The van der Waals surface area contributed by atoms with Gasteiger partial charge in [0, 0.05) is 36.8 Å². The van der Waals surface area contributed by atoms with Crippen molar-refractivity contribution in [2.24, 2.45) is 23.7 Å². The second-order valence-corrected chi connectivity index (χ2v) is 19.3. The number of rotatable bonds is 26. The molecule has 10 heteroatoms. The van der Waals surface area contributed by atoms with Gasteiger partial charge in [-0.1, -0.05) is 140 Å². The quantitative estimate of drug-likeness (QED) is 0.0197. The summed E-state index contributed by atoms with van der Waals surface area (Å²) in [7, 11) is 0. The lowest BCUT2D eigenvalue weighted by molar-refractivity contribution is -0.138. The third-order valence-electron chi connectivity index (χ3n) is 14.0. The minimum absolute atomic E-state index is 0.00546. The van der Waals surface area contributed by atoms with E-state index < -0.39 is 23.9 Å². The van der Waals surface area contributed by atoms with Crippen molar-refractivity contribution in [3.63, 3.8) is 0 Å². The van der Waals surface area contributed by atoms with Crippen molar-refractivity contribution >= 4 is 23.9 Å². The maximum atomic E-state index is 13.2. The molecule has 4 aromatic rings. The van der Waals surface area contributed by atoms with E-state index in [4.69, 9.17) is 28.4 Å². The van der Waals surface area contributed by atoms with E-state index in [1.54, 1.807) is 48.5 Å². The van der Waals surface area contributed by atoms with Crippen LogP contribution >= 0.6 is 0 Å². The number of ether oxygens (including phenoxy) is 6. The van der Waals surface area contributed by atoms with Crippen LogP contribution in [0.2, 0.25) is 0 Å². The van der Waals surface area contributed by atoms with E-state index in [-0.39, 0.29) is 25.0 Å². The van der Waals surface area contributed by atoms with Crippen molar-refractivity contribution < 1.29 is 47.6 Å². The first-order chi connectivity index (χ1) is 35.1. The van der Waals surface area contributed by atoms with Gasteiger partial charge in [-0.2, -0.15) is 0 Å². The van der Waals surface area contributed by atoms with Crippen LogP contribution in [0.5, 0.6) is 23.0 Å². The Morgan fingerprint density at radius 2 is 0.819 bits per heavy atom. The van der Waals surface area contributed by atoms with Crippen LogP contribution in [0.1, 0.15) is 160 Å². The maximum Gasteiger partial charge on any atom is 0.343 e. The normalized spacial score (nSPS) is 18.2. The Morgan fingerprint density at radius 1 is 0.486 bits per heavy atom. The molecular weight excluding hydrogens is 905 g/mol. The zero-order valence-electron chi connectivity index (χ0n) is 42.5. The fraction of sp³-hybridized carbons (Fsp3) is 0.452. The minimum atomic E-state index is -0.465. The first-order valence-corrected chi connectivity index (χ1v) is 26.3. The molecule has 0 radical (unpaired) electrons. The molecule has 2 aliphatic carbocycles. The molecule has 72 heavy (non-hydrogen) atoms. The molecule has 0 bridgehead atoms. The van der Waals surface area contributed by atoms with Crippen LogP contribution < -0.4 is 18.9 Å². The Hall–Kier alpha value is -6.60. The third kappa shape index (κ3) is 18.2. The highest BCUT2D eigenvalue weighted by Crippen LogP contribution is 2.40. The first kappa shape index (κ1) is 54.7. The zero-order valence-corrected chi connectivity index (χ0v) is 42.5. The molecule has 2 atom stereocenters. The number of esters is 4. The van der Waals surface area contributed by atoms with Crippen LogP contribution in [0.15, 0.2) is 122 Å². The van der Waals surface area contributed by atoms with E-state index in [0.29, 0.717) is 72.0 Å². The molecule has 2 fully saturated rings. The van der Waals surface area contributed by atoms with Gasteiger partial charge in [0.2, 0.25) is 0 Å². The summed E-state index contributed by atoms with van der Waals surface area (Å²) < 4.78 is 33.1. The van der Waals surface area contributed by atoms with E-state index in [0.717, 1.165) is 48.0 Å². The molecule has 0 saturated heterocycles. The monoisotopic (exact) mass is 979 g/mol. The molecule has 0 amide bonds. The van der Waals surface area contributed by atoms with Crippen LogP contribution in [0.3, 0.4) is 0 Å². The largest absolute Gasteiger partial charge is 0.493 e. The van der Waals surface area contributed by atoms with Crippen molar-refractivity contribution in [1.29, 1.82) is 0 Å². The van der Waals surface area contributed by atoms with Gasteiger partial charge >= 0.3 is 23.9 Å². The number of carbonyl (C=O) groups excluding carboxylic acids is 4. The predicted octanol–water partition coefficient (Wildman–Crippen LogP) is 14.0. The highest BCUT2D eigenvalue weighted by atomic mass is 16.5. The van der Waals surface area contributed by atoms with E-state index in [1.165, 1.54) is 77.0 Å². The topological polar surface area (TPSA) is 124 Å². The fourth-order valence-corrected chi connectivity index (χ4v) is 9.96. The van der Waals surface area contributed by atoms with Gasteiger partial charge in [-0.15, -0.1) is 0 Å². The van der Waals surface area contributed by atoms with Gasteiger partial charge < -0.3 is 28.4 Å². The van der Waals surface area contributed by atoms with Gasteiger partial charge in [0.05, 0.1) is 37.6 Å². The molecule has 2 aliphatic rings. The Labute approximate surface area is 427 Å². The highest BCUT2D eigenvalue weighted by molar-refractivity contribution is 5.91. The Bertz CT molecular complexity index is 2210. The summed E-state index contributed by atoms with van der Waals surface area (Å²) in [5.41, 5.74) is 3.04. The predicted molar refractivity (Wildman–Crippen MR) is 281 cm³/mol. The number of hydrogen-bond acceptors (Lipinski definition) is 10. The molecule has 6 rings (SSSR count). The molecule has 4 aromatic carbocycles. The number of benzene rings is 4. The molecule has 2 unspecified atom stereocenters. The van der Waals surface area contributed by atoms with Crippen LogP contribution in [0, 0.1) is 35.5 Å². The van der Waals surface area contributed by atoms with Crippen LogP contribution in [-0.4, -0.2) is 50.3 Å². The average molecular weight is 979 g/mol. The molecule has 382 valence electrons. The average Bonchev–Trinajstić information content (AvgIpc) is 3.41. The lowest BCUT2D eigenvalue weighted by Crippen LogP contribution is -2.17. The van der Waals surface area contributed by atoms with Crippen LogP contribution in [0.4, 0.5) is 0 Å². The Morgan fingerprint density at radius 3 is 1.15 bits per heavy atom. The Balaban J connectivity index is 1.14. The lowest BCUT2D eigenvalue weighted by atomic mass is 9.75. The molecular formula is C62H74O10. The second kappa shape index (κ2) is 29.7. The van der Waals surface area contributed by atoms with Crippen molar-refractivity contribution in [2.75, 3.05) is 26.4 Å². The van der Waals surface area contributed by atoms with E-state index >= 15 is 0 Å². The SMILES string of the molecule is C=CC(=O)OCCCOc1ccc(C(=O)Oc2ccc(C(C#CC(CC3CCC(CCC)CC3)c3ccc(OC(=O)c4ccc(OCCCOC(=O)C=C)cc4)cc3)CC3CCC(CCC)CC3)cc2)cc1. The van der Waals surface area contributed by atoms with Crippen LogP contribution in [-0.2, 0) is 19.1 Å². The van der Waals surface area contributed by atoms with Gasteiger partial charge in [0.15, 0.2) is 0 Å². The second-order valence-electron chi connectivity index (χ2n) is 19.3. The molecule has 2 saturated carbocycles. The van der Waals surface area contributed by atoms with E-state index in [1.807, 2.05) is 24.3 Å². The lowest BCUT2D eigenvalue weighted by Gasteiger charge is -2.30. The summed E-state index contributed by atoms with van der Waals surface area (Å²) in [4.78, 5) is 48.9. The van der Waals surface area contributed by atoms with Crippen LogP contribution in [0.25, 0.3) is 0 Å². The number of carbonyl (C=O) groups is 4. The van der Waals surface area contributed by atoms with Gasteiger partial charge in [-0.05, 0) is 120 Å². The van der Waals surface area contributed by atoms with Gasteiger partial charge in [0.1, 0.15) is 23.0 Å². The summed E-state index contributed by atoms with van der Waals surface area (Å²) in [6, 6.07) is 29.3. The summed E-state index contributed by atoms with van der Waals surface area (Å²) in [5, 5.41) is 0. The minimum Gasteiger partial charge on any atom is -0.493 e. The zero-order chi connectivity index (χ0) is 50.9. The van der Waals surface area contributed by atoms with Gasteiger partial charge in [0.25, 0.3) is 0 Å². The van der Waals surface area contributed by atoms with Gasteiger partial charge in [-0.25, -0.2) is 19.2 Å². The summed E-state index contributed by atoms with van der Waals surface area (Å²) >= 11 is 0. The fourth-order valence-electron chi connectivity index (χ4n) is 9.96.